The van der Waals surface area contributed by atoms with E-state index in [0.29, 0.717) is 24.9 Å². The first kappa shape index (κ1) is 9.77. The van der Waals surface area contributed by atoms with Crippen molar-refractivity contribution >= 4 is 6.09 Å². The van der Waals surface area contributed by atoms with Crippen LogP contribution in [0.15, 0.2) is 0 Å². The predicted octanol–water partition coefficient (Wildman–Crippen LogP) is 0.844. The summed E-state index contributed by atoms with van der Waals surface area (Å²) in [5.74, 6) is 0.616. The number of likely N-dealkylation sites (tertiary alicyclic amines) is 1. The fraction of sp³-hybridized carbons (Fsp3) is 0.900. The van der Waals surface area contributed by atoms with Crippen LogP contribution in [-0.4, -0.2) is 40.9 Å². The second-order valence-corrected chi connectivity index (χ2v) is 5.20. The van der Waals surface area contributed by atoms with Crippen LogP contribution in [0.3, 0.4) is 0 Å². The molecule has 2 fully saturated rings. The molecule has 2 aliphatic rings. The third kappa shape index (κ3) is 1.71. The maximum absolute atomic E-state index is 11.6. The lowest BCUT2D eigenvalue weighted by atomic mass is 10.2. The van der Waals surface area contributed by atoms with E-state index in [9.17, 15) is 9.90 Å². The maximum atomic E-state index is 11.6. The maximum Gasteiger partial charge on any atom is 0.410 e. The van der Waals surface area contributed by atoms with Crippen molar-refractivity contribution in [2.24, 2.45) is 11.8 Å². The standard InChI is InChI=1S/C10H17NO3/c1-10(2,3)14-9(13)11-4-6-7(5-11)8(6)12/h6-8,12H,4-5H2,1-3H3/t6-,7?,8?/m1/s1. The number of rotatable bonds is 0. The molecule has 2 rings (SSSR count). The van der Waals surface area contributed by atoms with Gasteiger partial charge in [0, 0.05) is 24.9 Å². The van der Waals surface area contributed by atoms with Gasteiger partial charge in [0.2, 0.25) is 0 Å². The second-order valence-electron chi connectivity index (χ2n) is 5.20. The number of amides is 1. The monoisotopic (exact) mass is 199 g/mol. The van der Waals surface area contributed by atoms with Gasteiger partial charge in [-0.15, -0.1) is 0 Å². The van der Waals surface area contributed by atoms with E-state index in [4.69, 9.17) is 4.74 Å². The van der Waals surface area contributed by atoms with E-state index in [2.05, 4.69) is 0 Å². The lowest BCUT2D eigenvalue weighted by Crippen LogP contribution is -2.37. The molecule has 1 N–H and O–H groups in total. The Kier molecular flexibility index (Phi) is 2.00. The van der Waals surface area contributed by atoms with Gasteiger partial charge in [-0.3, -0.25) is 0 Å². The number of fused-ring (bicyclic) bond motifs is 1. The molecule has 1 amide bonds. The van der Waals surface area contributed by atoms with Gasteiger partial charge in [-0.05, 0) is 20.8 Å². The van der Waals surface area contributed by atoms with Crippen molar-refractivity contribution in [3.05, 3.63) is 0 Å². The minimum absolute atomic E-state index is 0.173. The highest BCUT2D eigenvalue weighted by atomic mass is 16.6. The summed E-state index contributed by atoms with van der Waals surface area (Å²) in [6.07, 6.45) is -0.425. The van der Waals surface area contributed by atoms with Crippen molar-refractivity contribution in [3.8, 4) is 0 Å². The fourth-order valence-corrected chi connectivity index (χ4v) is 1.97. The number of hydrogen-bond donors (Lipinski definition) is 1. The van der Waals surface area contributed by atoms with Crippen LogP contribution in [0, 0.1) is 11.8 Å². The van der Waals surface area contributed by atoms with E-state index in [1.807, 2.05) is 20.8 Å². The Labute approximate surface area is 83.8 Å². The Morgan fingerprint density at radius 3 is 2.29 bits per heavy atom. The van der Waals surface area contributed by atoms with Gasteiger partial charge >= 0.3 is 6.09 Å². The molecule has 0 bridgehead atoms. The zero-order chi connectivity index (χ0) is 10.5. The zero-order valence-corrected chi connectivity index (χ0v) is 8.86. The first-order valence-electron chi connectivity index (χ1n) is 5.04. The molecular formula is C10H17NO3. The topological polar surface area (TPSA) is 49.8 Å². The average Bonchev–Trinajstić information content (AvgIpc) is 2.47. The number of carbonyl (C=O) groups is 1. The smallest absolute Gasteiger partial charge is 0.410 e. The summed E-state index contributed by atoms with van der Waals surface area (Å²) in [6, 6.07) is 0. The number of carbonyl (C=O) groups excluding carboxylic acids is 1. The number of hydrogen-bond acceptors (Lipinski definition) is 3. The minimum Gasteiger partial charge on any atom is -0.444 e. The van der Waals surface area contributed by atoms with Crippen LogP contribution in [0.2, 0.25) is 0 Å². The fourth-order valence-electron chi connectivity index (χ4n) is 1.97. The Hall–Kier alpha value is -0.770. The van der Waals surface area contributed by atoms with Crippen LogP contribution in [0.25, 0.3) is 0 Å². The van der Waals surface area contributed by atoms with Crippen molar-refractivity contribution in [1.82, 2.24) is 4.90 Å². The number of ether oxygens (including phenoxy) is 1. The molecule has 1 saturated carbocycles. The molecule has 4 nitrogen and oxygen atoms in total. The molecule has 14 heavy (non-hydrogen) atoms. The minimum atomic E-state index is -0.428. The lowest BCUT2D eigenvalue weighted by Gasteiger charge is -2.25. The Balaban J connectivity index is 1.84. The van der Waals surface area contributed by atoms with Gasteiger partial charge in [0.1, 0.15) is 5.60 Å². The third-order valence-corrected chi connectivity index (χ3v) is 2.80. The molecule has 0 spiro atoms. The van der Waals surface area contributed by atoms with Gasteiger partial charge in [-0.25, -0.2) is 4.79 Å². The molecule has 0 aromatic rings. The van der Waals surface area contributed by atoms with E-state index in [0.717, 1.165) is 0 Å². The van der Waals surface area contributed by atoms with E-state index in [1.54, 1.807) is 4.90 Å². The highest BCUT2D eigenvalue weighted by Gasteiger charge is 2.56. The number of piperidine rings is 1. The molecule has 1 saturated heterocycles. The Morgan fingerprint density at radius 1 is 1.36 bits per heavy atom. The van der Waals surface area contributed by atoms with Crippen molar-refractivity contribution in [2.75, 3.05) is 13.1 Å². The zero-order valence-electron chi connectivity index (χ0n) is 8.86. The number of aliphatic hydroxyl groups is 1. The summed E-state index contributed by atoms with van der Waals surface area (Å²) >= 11 is 0. The van der Waals surface area contributed by atoms with Crippen LogP contribution in [-0.2, 0) is 4.74 Å². The molecule has 80 valence electrons. The third-order valence-electron chi connectivity index (χ3n) is 2.80. The summed E-state index contributed by atoms with van der Waals surface area (Å²) in [4.78, 5) is 13.2. The van der Waals surface area contributed by atoms with Gasteiger partial charge in [0.15, 0.2) is 0 Å². The first-order chi connectivity index (χ1) is 6.38. The molecule has 2 unspecified atom stereocenters. The van der Waals surface area contributed by atoms with E-state index < -0.39 is 5.60 Å². The van der Waals surface area contributed by atoms with Gasteiger partial charge in [-0.2, -0.15) is 0 Å². The van der Waals surface area contributed by atoms with Crippen LogP contribution >= 0.6 is 0 Å². The number of aliphatic hydroxyl groups excluding tert-OH is 1. The first-order valence-corrected chi connectivity index (χ1v) is 5.04. The molecule has 1 aliphatic carbocycles. The summed E-state index contributed by atoms with van der Waals surface area (Å²) in [6.45, 7) is 6.88. The normalized spacial score (nSPS) is 35.4. The van der Waals surface area contributed by atoms with Gasteiger partial charge in [0.05, 0.1) is 6.10 Å². The van der Waals surface area contributed by atoms with E-state index >= 15 is 0 Å². The molecular weight excluding hydrogens is 182 g/mol. The van der Waals surface area contributed by atoms with Crippen molar-refractivity contribution in [1.29, 1.82) is 0 Å². The lowest BCUT2D eigenvalue weighted by molar-refractivity contribution is 0.0249. The van der Waals surface area contributed by atoms with Gasteiger partial charge in [-0.1, -0.05) is 0 Å². The second kappa shape index (κ2) is 2.86. The largest absolute Gasteiger partial charge is 0.444 e. The SMILES string of the molecule is CC(C)(C)OC(=O)N1CC2C(O)[C@@H]2C1. The average molecular weight is 199 g/mol. The van der Waals surface area contributed by atoms with Crippen LogP contribution in [0.1, 0.15) is 20.8 Å². The summed E-state index contributed by atoms with van der Waals surface area (Å²) in [5, 5.41) is 9.30. The molecule has 0 aromatic carbocycles. The van der Waals surface area contributed by atoms with Crippen LogP contribution < -0.4 is 0 Å². The van der Waals surface area contributed by atoms with E-state index in [1.165, 1.54) is 0 Å². The van der Waals surface area contributed by atoms with Crippen molar-refractivity contribution in [2.45, 2.75) is 32.5 Å². The quantitative estimate of drug-likeness (QED) is 0.629. The molecule has 0 radical (unpaired) electrons. The molecule has 1 heterocycles. The summed E-state index contributed by atoms with van der Waals surface area (Å²) in [7, 11) is 0. The number of nitrogens with zero attached hydrogens (tertiary/aromatic N) is 1. The Bertz CT molecular complexity index is 247. The summed E-state index contributed by atoms with van der Waals surface area (Å²) in [5.41, 5.74) is -0.428. The molecule has 3 atom stereocenters. The van der Waals surface area contributed by atoms with Crippen LogP contribution in [0.5, 0.6) is 0 Å². The molecule has 1 aliphatic heterocycles. The predicted molar refractivity (Wildman–Crippen MR) is 50.8 cm³/mol. The molecule has 0 aromatic heterocycles. The summed E-state index contributed by atoms with van der Waals surface area (Å²) < 4.78 is 5.23. The highest BCUT2D eigenvalue weighted by molar-refractivity contribution is 5.69. The van der Waals surface area contributed by atoms with Gasteiger partial charge < -0.3 is 14.7 Å². The van der Waals surface area contributed by atoms with Crippen molar-refractivity contribution in [3.63, 3.8) is 0 Å². The van der Waals surface area contributed by atoms with Crippen LogP contribution in [0.4, 0.5) is 4.79 Å². The van der Waals surface area contributed by atoms with Crippen molar-refractivity contribution < 1.29 is 14.6 Å². The van der Waals surface area contributed by atoms with E-state index in [-0.39, 0.29) is 12.2 Å². The Morgan fingerprint density at radius 2 is 1.86 bits per heavy atom. The highest BCUT2D eigenvalue weighted by Crippen LogP contribution is 2.45. The van der Waals surface area contributed by atoms with Gasteiger partial charge in [0.25, 0.3) is 0 Å². The molecule has 4 heteroatoms.